The van der Waals surface area contributed by atoms with E-state index in [2.05, 4.69) is 4.90 Å². The number of nitrogens with zero attached hydrogens (tertiary/aromatic N) is 1. The molecule has 0 N–H and O–H groups in total. The van der Waals surface area contributed by atoms with Gasteiger partial charge in [0.1, 0.15) is 0 Å². The zero-order valence-electron chi connectivity index (χ0n) is 8.03. The maximum absolute atomic E-state index is 11.1. The molecule has 13 heavy (non-hydrogen) atoms. The van der Waals surface area contributed by atoms with Crippen LogP contribution < -0.4 is 0 Å². The first-order valence-corrected chi connectivity index (χ1v) is 6.90. The van der Waals surface area contributed by atoms with Crippen molar-refractivity contribution in [2.45, 2.75) is 25.0 Å². The Hall–Kier alpha value is 0.200. The molecule has 78 valence electrons. The van der Waals surface area contributed by atoms with Gasteiger partial charge in [0.05, 0.1) is 5.25 Å². The zero-order chi connectivity index (χ0) is 10.1. The topological polar surface area (TPSA) is 37.4 Å². The Morgan fingerprint density at radius 1 is 1.54 bits per heavy atom. The lowest BCUT2D eigenvalue weighted by molar-refractivity contribution is 0.208. The van der Waals surface area contributed by atoms with Crippen LogP contribution in [0.3, 0.4) is 0 Å². The molecule has 5 heteroatoms. The molecule has 1 aliphatic rings. The molecule has 1 heterocycles. The average Bonchev–Trinajstić information content (AvgIpc) is 2.01. The molecule has 0 aromatic rings. The Labute approximate surface area is 84.5 Å². The van der Waals surface area contributed by atoms with Crippen LogP contribution in [-0.4, -0.2) is 38.7 Å². The fraction of sp³-hybridized carbons (Fsp3) is 1.00. The summed E-state index contributed by atoms with van der Waals surface area (Å²) in [5.74, 6) is 0.196. The van der Waals surface area contributed by atoms with Crippen LogP contribution in [0.4, 0.5) is 0 Å². The summed E-state index contributed by atoms with van der Waals surface area (Å²) in [4.78, 5) is 2.16. The smallest absolute Gasteiger partial charge is 0.235 e. The lowest BCUT2D eigenvalue weighted by Gasteiger charge is -2.32. The molecular weight excluding hydrogens is 210 g/mol. The molecular formula is C8H16ClNO2S. The van der Waals surface area contributed by atoms with Crippen LogP contribution in [0.2, 0.25) is 0 Å². The normalized spacial score (nSPS) is 28.7. The Morgan fingerprint density at radius 3 is 2.62 bits per heavy atom. The van der Waals surface area contributed by atoms with Gasteiger partial charge in [0.2, 0.25) is 9.05 Å². The molecule has 0 saturated carbocycles. The van der Waals surface area contributed by atoms with Crippen molar-refractivity contribution in [1.29, 1.82) is 0 Å². The molecule has 0 aromatic heterocycles. The first-order valence-electron chi connectivity index (χ1n) is 4.53. The molecule has 2 unspecified atom stereocenters. The third kappa shape index (κ3) is 3.11. The summed E-state index contributed by atoms with van der Waals surface area (Å²) in [7, 11) is 3.95. The highest BCUT2D eigenvalue weighted by atomic mass is 35.7. The van der Waals surface area contributed by atoms with E-state index in [9.17, 15) is 8.42 Å². The Morgan fingerprint density at radius 2 is 2.15 bits per heavy atom. The van der Waals surface area contributed by atoms with Gasteiger partial charge in [-0.2, -0.15) is 0 Å². The summed E-state index contributed by atoms with van der Waals surface area (Å²) in [5, 5.41) is -0.420. The number of rotatable bonds is 2. The van der Waals surface area contributed by atoms with Crippen molar-refractivity contribution in [3.8, 4) is 0 Å². The summed E-state index contributed by atoms with van der Waals surface area (Å²) in [6, 6.07) is 0. The average molecular weight is 226 g/mol. The number of piperidine rings is 1. The van der Waals surface area contributed by atoms with Crippen molar-refractivity contribution in [3.63, 3.8) is 0 Å². The van der Waals surface area contributed by atoms with Crippen LogP contribution in [0.15, 0.2) is 0 Å². The number of likely N-dealkylation sites (tertiary alicyclic amines) is 1. The maximum Gasteiger partial charge on any atom is 0.235 e. The van der Waals surface area contributed by atoms with Gasteiger partial charge in [0.25, 0.3) is 0 Å². The highest BCUT2D eigenvalue weighted by Gasteiger charge is 2.30. The maximum atomic E-state index is 11.1. The second-order valence-electron chi connectivity index (χ2n) is 3.85. The minimum absolute atomic E-state index is 0.196. The summed E-state index contributed by atoms with van der Waals surface area (Å²) in [5.41, 5.74) is 0. The molecule has 2 atom stereocenters. The van der Waals surface area contributed by atoms with Crippen molar-refractivity contribution in [2.75, 3.05) is 20.1 Å². The molecule has 0 radical (unpaired) electrons. The standard InChI is InChI=1S/C8H16ClNO2S/c1-7(13(9,11)12)8-4-3-5-10(2)6-8/h7-8H,3-6H2,1-2H3. The third-order valence-corrected chi connectivity index (χ3v) is 4.89. The minimum Gasteiger partial charge on any atom is -0.306 e. The van der Waals surface area contributed by atoms with Crippen LogP contribution in [0.25, 0.3) is 0 Å². The van der Waals surface area contributed by atoms with E-state index in [1.54, 1.807) is 6.92 Å². The Bertz CT molecular complexity index is 265. The first kappa shape index (κ1) is 11.3. The molecule has 1 aliphatic heterocycles. The fourth-order valence-corrected chi connectivity index (χ4v) is 2.94. The summed E-state index contributed by atoms with van der Waals surface area (Å²) < 4.78 is 22.2. The summed E-state index contributed by atoms with van der Waals surface area (Å²) in [6.07, 6.45) is 2.04. The molecule has 0 aliphatic carbocycles. The lowest BCUT2D eigenvalue weighted by atomic mass is 9.96. The van der Waals surface area contributed by atoms with Gasteiger partial charge in [-0.15, -0.1) is 0 Å². The third-order valence-electron chi connectivity index (χ3n) is 2.77. The highest BCUT2D eigenvalue weighted by molar-refractivity contribution is 8.14. The van der Waals surface area contributed by atoms with E-state index in [4.69, 9.17) is 10.7 Å². The van der Waals surface area contributed by atoms with E-state index >= 15 is 0 Å². The van der Waals surface area contributed by atoms with Crippen molar-refractivity contribution in [1.82, 2.24) is 4.90 Å². The van der Waals surface area contributed by atoms with Gasteiger partial charge in [0.15, 0.2) is 0 Å². The van der Waals surface area contributed by atoms with Crippen LogP contribution in [-0.2, 0) is 9.05 Å². The van der Waals surface area contributed by atoms with Crippen LogP contribution in [0.1, 0.15) is 19.8 Å². The molecule has 3 nitrogen and oxygen atoms in total. The minimum atomic E-state index is -3.38. The predicted molar refractivity (Wildman–Crippen MR) is 54.5 cm³/mol. The zero-order valence-corrected chi connectivity index (χ0v) is 9.61. The van der Waals surface area contributed by atoms with E-state index in [1.165, 1.54) is 0 Å². The van der Waals surface area contributed by atoms with Gasteiger partial charge in [-0.1, -0.05) is 0 Å². The van der Waals surface area contributed by atoms with E-state index < -0.39 is 14.3 Å². The van der Waals surface area contributed by atoms with Crippen LogP contribution in [0.5, 0.6) is 0 Å². The van der Waals surface area contributed by atoms with Gasteiger partial charge in [-0.25, -0.2) is 8.42 Å². The van der Waals surface area contributed by atoms with Gasteiger partial charge < -0.3 is 4.90 Å². The number of halogens is 1. The van der Waals surface area contributed by atoms with Crippen molar-refractivity contribution < 1.29 is 8.42 Å². The largest absolute Gasteiger partial charge is 0.306 e. The highest BCUT2D eigenvalue weighted by Crippen LogP contribution is 2.24. The van der Waals surface area contributed by atoms with E-state index in [-0.39, 0.29) is 5.92 Å². The van der Waals surface area contributed by atoms with Crippen molar-refractivity contribution in [3.05, 3.63) is 0 Å². The molecule has 0 spiro atoms. The quantitative estimate of drug-likeness (QED) is 0.665. The number of hydrogen-bond acceptors (Lipinski definition) is 3. The second-order valence-corrected chi connectivity index (χ2v) is 6.83. The summed E-state index contributed by atoms with van der Waals surface area (Å²) in [6.45, 7) is 3.60. The first-order chi connectivity index (χ1) is 5.91. The van der Waals surface area contributed by atoms with E-state index in [1.807, 2.05) is 7.05 Å². The monoisotopic (exact) mass is 225 g/mol. The molecule has 1 saturated heterocycles. The van der Waals surface area contributed by atoms with Crippen LogP contribution >= 0.6 is 10.7 Å². The molecule has 1 rings (SSSR count). The molecule has 0 aromatic carbocycles. The predicted octanol–water partition coefficient (Wildman–Crippen LogP) is 1.29. The van der Waals surface area contributed by atoms with E-state index in [0.29, 0.717) is 0 Å². The molecule has 0 bridgehead atoms. The summed E-state index contributed by atoms with van der Waals surface area (Å²) >= 11 is 0. The van der Waals surface area contributed by atoms with Gasteiger partial charge in [-0.05, 0) is 39.3 Å². The van der Waals surface area contributed by atoms with Crippen LogP contribution in [0, 0.1) is 5.92 Å². The molecule has 0 amide bonds. The Kier molecular flexibility index (Phi) is 3.60. The second kappa shape index (κ2) is 4.15. The van der Waals surface area contributed by atoms with Gasteiger partial charge in [-0.3, -0.25) is 0 Å². The van der Waals surface area contributed by atoms with Crippen molar-refractivity contribution in [2.24, 2.45) is 5.92 Å². The SMILES string of the molecule is CC(C1CCCN(C)C1)S(=O)(=O)Cl. The molecule has 1 fully saturated rings. The van der Waals surface area contributed by atoms with E-state index in [0.717, 1.165) is 25.9 Å². The Balaban J connectivity index is 2.61. The van der Waals surface area contributed by atoms with Gasteiger partial charge >= 0.3 is 0 Å². The number of hydrogen-bond donors (Lipinski definition) is 0. The fourth-order valence-electron chi connectivity index (χ4n) is 1.82. The van der Waals surface area contributed by atoms with Gasteiger partial charge in [0, 0.05) is 17.2 Å². The van der Waals surface area contributed by atoms with Crippen molar-refractivity contribution >= 4 is 19.7 Å². The lowest BCUT2D eigenvalue weighted by Crippen LogP contribution is -2.38.